The SMILES string of the molecule is CN(C)C(CCS)c1ccc2c(c1)CCC(=O)N2. The van der Waals surface area contributed by atoms with Crippen LogP contribution < -0.4 is 5.32 Å². The summed E-state index contributed by atoms with van der Waals surface area (Å²) in [5.74, 6) is 0.992. The van der Waals surface area contributed by atoms with Gasteiger partial charge < -0.3 is 10.2 Å². The van der Waals surface area contributed by atoms with Crippen LogP contribution in [0.15, 0.2) is 18.2 Å². The molecule has 1 aliphatic rings. The zero-order valence-electron chi connectivity index (χ0n) is 10.9. The molecule has 1 aliphatic heterocycles. The van der Waals surface area contributed by atoms with Crippen molar-refractivity contribution in [1.82, 2.24) is 4.90 Å². The highest BCUT2D eigenvalue weighted by Gasteiger charge is 2.18. The summed E-state index contributed by atoms with van der Waals surface area (Å²) in [7, 11) is 4.19. The van der Waals surface area contributed by atoms with Gasteiger partial charge in [-0.05, 0) is 49.9 Å². The summed E-state index contributed by atoms with van der Waals surface area (Å²) in [6, 6.07) is 6.75. The van der Waals surface area contributed by atoms with E-state index in [9.17, 15) is 4.79 Å². The molecule has 98 valence electrons. The average molecular weight is 264 g/mol. The average Bonchev–Trinajstić information content (AvgIpc) is 2.35. The third-order valence-electron chi connectivity index (χ3n) is 3.44. The van der Waals surface area contributed by atoms with Crippen LogP contribution in [0.1, 0.15) is 30.0 Å². The first-order valence-corrected chi connectivity index (χ1v) is 6.95. The summed E-state index contributed by atoms with van der Waals surface area (Å²) in [4.78, 5) is 13.5. The lowest BCUT2D eigenvalue weighted by atomic mass is 9.96. The normalized spacial score (nSPS) is 16.3. The molecule has 1 N–H and O–H groups in total. The zero-order chi connectivity index (χ0) is 13.1. The van der Waals surface area contributed by atoms with Crippen LogP contribution in [0.5, 0.6) is 0 Å². The number of fused-ring (bicyclic) bond motifs is 1. The van der Waals surface area contributed by atoms with Gasteiger partial charge >= 0.3 is 0 Å². The molecule has 1 aromatic rings. The van der Waals surface area contributed by atoms with E-state index in [-0.39, 0.29) is 5.91 Å². The Bertz CT molecular complexity index is 445. The largest absolute Gasteiger partial charge is 0.326 e. The van der Waals surface area contributed by atoms with Gasteiger partial charge in [0.05, 0.1) is 0 Å². The molecule has 1 atom stereocenters. The van der Waals surface area contributed by atoms with Crippen molar-refractivity contribution in [3.63, 3.8) is 0 Å². The number of thiol groups is 1. The number of hydrogen-bond donors (Lipinski definition) is 2. The van der Waals surface area contributed by atoms with Gasteiger partial charge in [0.25, 0.3) is 0 Å². The standard InChI is InChI=1S/C14H20N2OS/c1-16(2)13(7-8-18)11-3-5-12-10(9-11)4-6-14(17)15-12/h3,5,9,13,18H,4,6-8H2,1-2H3,(H,15,17). The molecule has 1 amide bonds. The van der Waals surface area contributed by atoms with Gasteiger partial charge in [-0.25, -0.2) is 0 Å². The molecule has 0 fully saturated rings. The minimum atomic E-state index is 0.120. The fourth-order valence-corrected chi connectivity index (χ4v) is 2.70. The highest BCUT2D eigenvalue weighted by atomic mass is 32.1. The Morgan fingerprint density at radius 3 is 2.83 bits per heavy atom. The fourth-order valence-electron chi connectivity index (χ4n) is 2.46. The van der Waals surface area contributed by atoms with E-state index < -0.39 is 0 Å². The molecule has 0 saturated carbocycles. The molecule has 2 rings (SSSR count). The lowest BCUT2D eigenvalue weighted by Crippen LogP contribution is -2.22. The van der Waals surface area contributed by atoms with Crippen molar-refractivity contribution in [2.45, 2.75) is 25.3 Å². The van der Waals surface area contributed by atoms with Gasteiger partial charge in [-0.1, -0.05) is 12.1 Å². The van der Waals surface area contributed by atoms with Gasteiger partial charge in [0.15, 0.2) is 0 Å². The van der Waals surface area contributed by atoms with E-state index in [4.69, 9.17) is 0 Å². The minimum Gasteiger partial charge on any atom is -0.326 e. The molecular formula is C14H20N2OS. The number of amides is 1. The van der Waals surface area contributed by atoms with Crippen LogP contribution in [0.25, 0.3) is 0 Å². The van der Waals surface area contributed by atoms with Gasteiger partial charge in [-0.2, -0.15) is 12.6 Å². The second-order valence-electron chi connectivity index (χ2n) is 4.96. The van der Waals surface area contributed by atoms with E-state index in [1.807, 2.05) is 6.07 Å². The highest BCUT2D eigenvalue weighted by molar-refractivity contribution is 7.80. The third-order valence-corrected chi connectivity index (χ3v) is 3.69. The smallest absolute Gasteiger partial charge is 0.224 e. The van der Waals surface area contributed by atoms with Crippen molar-refractivity contribution >= 4 is 24.2 Å². The first-order chi connectivity index (χ1) is 8.61. The lowest BCUT2D eigenvalue weighted by Gasteiger charge is -2.26. The number of benzene rings is 1. The maximum Gasteiger partial charge on any atom is 0.224 e. The van der Waals surface area contributed by atoms with E-state index >= 15 is 0 Å². The van der Waals surface area contributed by atoms with Crippen LogP contribution in [0.4, 0.5) is 5.69 Å². The van der Waals surface area contributed by atoms with E-state index in [1.165, 1.54) is 11.1 Å². The molecule has 3 nitrogen and oxygen atoms in total. The molecule has 0 bridgehead atoms. The molecule has 0 aromatic heterocycles. The number of carbonyl (C=O) groups is 1. The Kier molecular flexibility index (Phi) is 4.30. The monoisotopic (exact) mass is 264 g/mol. The lowest BCUT2D eigenvalue weighted by molar-refractivity contribution is -0.116. The van der Waals surface area contributed by atoms with Crippen LogP contribution in [0.3, 0.4) is 0 Å². The van der Waals surface area contributed by atoms with Crippen molar-refractivity contribution in [1.29, 1.82) is 0 Å². The van der Waals surface area contributed by atoms with E-state index in [2.05, 4.69) is 49.1 Å². The van der Waals surface area contributed by atoms with Crippen LogP contribution >= 0.6 is 12.6 Å². The Labute approximate surface area is 114 Å². The number of aryl methyl sites for hydroxylation is 1. The Hall–Kier alpha value is -1.00. The molecule has 0 spiro atoms. The Morgan fingerprint density at radius 1 is 1.39 bits per heavy atom. The number of nitrogens with one attached hydrogen (secondary N) is 1. The summed E-state index contributed by atoms with van der Waals surface area (Å²) in [5, 5.41) is 2.92. The second-order valence-corrected chi connectivity index (χ2v) is 5.40. The molecule has 1 heterocycles. The molecule has 4 heteroatoms. The van der Waals surface area contributed by atoms with Crippen molar-refractivity contribution in [2.24, 2.45) is 0 Å². The Morgan fingerprint density at radius 2 is 2.17 bits per heavy atom. The number of hydrogen-bond acceptors (Lipinski definition) is 3. The topological polar surface area (TPSA) is 32.3 Å². The predicted molar refractivity (Wildman–Crippen MR) is 78.3 cm³/mol. The van der Waals surface area contributed by atoms with Gasteiger partial charge in [0, 0.05) is 18.2 Å². The predicted octanol–water partition coefficient (Wildman–Crippen LogP) is 2.49. The summed E-state index contributed by atoms with van der Waals surface area (Å²) in [6.45, 7) is 0. The van der Waals surface area contributed by atoms with Gasteiger partial charge in [0.1, 0.15) is 0 Å². The molecule has 0 aliphatic carbocycles. The third kappa shape index (κ3) is 2.87. The first-order valence-electron chi connectivity index (χ1n) is 6.32. The minimum absolute atomic E-state index is 0.120. The highest BCUT2D eigenvalue weighted by Crippen LogP contribution is 2.29. The number of nitrogens with zero attached hydrogens (tertiary/aromatic N) is 1. The van der Waals surface area contributed by atoms with Crippen molar-refractivity contribution < 1.29 is 4.79 Å². The van der Waals surface area contributed by atoms with Gasteiger partial charge in [0.2, 0.25) is 5.91 Å². The number of carbonyl (C=O) groups excluding carboxylic acids is 1. The molecule has 1 aromatic carbocycles. The molecule has 18 heavy (non-hydrogen) atoms. The molecule has 0 saturated heterocycles. The zero-order valence-corrected chi connectivity index (χ0v) is 11.8. The summed E-state index contributed by atoms with van der Waals surface area (Å²) >= 11 is 4.33. The maximum absolute atomic E-state index is 11.3. The molecule has 0 radical (unpaired) electrons. The summed E-state index contributed by atoms with van der Waals surface area (Å²) in [6.07, 6.45) is 2.47. The molecular weight excluding hydrogens is 244 g/mol. The maximum atomic E-state index is 11.3. The van der Waals surface area contributed by atoms with Gasteiger partial charge in [-0.3, -0.25) is 4.79 Å². The van der Waals surface area contributed by atoms with E-state index in [0.29, 0.717) is 12.5 Å². The Balaban J connectivity index is 2.27. The number of rotatable bonds is 4. The quantitative estimate of drug-likeness (QED) is 0.819. The van der Waals surface area contributed by atoms with Crippen LogP contribution in [-0.4, -0.2) is 30.7 Å². The van der Waals surface area contributed by atoms with Crippen molar-refractivity contribution in [2.75, 3.05) is 25.2 Å². The van der Waals surface area contributed by atoms with E-state index in [1.54, 1.807) is 0 Å². The first kappa shape index (κ1) is 13.4. The second kappa shape index (κ2) is 5.76. The van der Waals surface area contributed by atoms with E-state index in [0.717, 1.165) is 24.3 Å². The van der Waals surface area contributed by atoms with Crippen molar-refractivity contribution in [3.05, 3.63) is 29.3 Å². The number of anilines is 1. The van der Waals surface area contributed by atoms with Crippen LogP contribution in [0.2, 0.25) is 0 Å². The van der Waals surface area contributed by atoms with Gasteiger partial charge in [-0.15, -0.1) is 0 Å². The summed E-state index contributed by atoms with van der Waals surface area (Å²) < 4.78 is 0. The molecule has 1 unspecified atom stereocenters. The van der Waals surface area contributed by atoms with Crippen LogP contribution in [0, 0.1) is 0 Å². The van der Waals surface area contributed by atoms with Crippen molar-refractivity contribution in [3.8, 4) is 0 Å². The fraction of sp³-hybridized carbons (Fsp3) is 0.500. The van der Waals surface area contributed by atoms with Crippen LogP contribution in [-0.2, 0) is 11.2 Å². The summed E-state index contributed by atoms with van der Waals surface area (Å²) in [5.41, 5.74) is 3.53.